The van der Waals surface area contributed by atoms with E-state index >= 15 is 0 Å². The molecule has 0 aliphatic rings. The molecule has 2 aromatic heterocycles. The van der Waals surface area contributed by atoms with Gasteiger partial charge in [-0.05, 0) is 62.9 Å². The van der Waals surface area contributed by atoms with Crippen LogP contribution in [0.5, 0.6) is 0 Å². The third-order valence-electron chi connectivity index (χ3n) is 5.35. The van der Waals surface area contributed by atoms with Crippen LogP contribution in [0, 0.1) is 6.92 Å². The van der Waals surface area contributed by atoms with Crippen molar-refractivity contribution in [1.82, 2.24) is 15.0 Å². The Labute approximate surface area is 191 Å². The van der Waals surface area contributed by atoms with Crippen molar-refractivity contribution in [3.05, 3.63) is 52.9 Å². The van der Waals surface area contributed by atoms with Crippen LogP contribution in [-0.2, 0) is 6.42 Å². The Bertz CT molecular complexity index is 960. The Hall–Kier alpha value is -2.40. The molecule has 6 heteroatoms. The number of halogens is 1. The topological polar surface area (TPSA) is 62.7 Å². The van der Waals surface area contributed by atoms with Crippen LogP contribution < -0.4 is 10.6 Å². The molecule has 5 nitrogen and oxygen atoms in total. The van der Waals surface area contributed by atoms with Gasteiger partial charge in [-0.2, -0.15) is 0 Å². The first-order chi connectivity index (χ1) is 15.2. The lowest BCUT2D eigenvalue weighted by atomic mass is 10.1. The molecule has 2 heterocycles. The predicted octanol–water partition coefficient (Wildman–Crippen LogP) is 6.80. The van der Waals surface area contributed by atoms with Crippen molar-refractivity contribution in [3.8, 4) is 0 Å². The van der Waals surface area contributed by atoms with Gasteiger partial charge in [-0.1, -0.05) is 44.2 Å². The van der Waals surface area contributed by atoms with E-state index in [2.05, 4.69) is 33.6 Å². The number of anilines is 2. The van der Waals surface area contributed by atoms with Gasteiger partial charge < -0.3 is 10.6 Å². The third-order valence-corrected chi connectivity index (χ3v) is 5.59. The van der Waals surface area contributed by atoms with E-state index in [9.17, 15) is 0 Å². The monoisotopic (exact) mass is 439 g/mol. The standard InChI is InChI=1S/C25H34ClN5/c1-3-4-5-8-15-29-25-30-19(2)17-21(31-25)10-7-6-9-14-27-23-13-16-28-24-18-20(26)11-12-22(23)24/h11-13,16-18H,3-10,14-15H2,1-2H3,(H,27,28)(H,29,30,31). The minimum Gasteiger partial charge on any atom is -0.384 e. The van der Waals surface area contributed by atoms with Crippen LogP contribution in [0.4, 0.5) is 11.6 Å². The number of nitrogens with one attached hydrogen (secondary N) is 2. The molecule has 2 N–H and O–H groups in total. The van der Waals surface area contributed by atoms with Gasteiger partial charge in [-0.25, -0.2) is 9.97 Å². The van der Waals surface area contributed by atoms with Crippen molar-refractivity contribution in [3.63, 3.8) is 0 Å². The summed E-state index contributed by atoms with van der Waals surface area (Å²) in [5.74, 6) is 0.776. The number of unbranched alkanes of at least 4 members (excludes halogenated alkanes) is 5. The van der Waals surface area contributed by atoms with Crippen LogP contribution in [-0.4, -0.2) is 28.0 Å². The number of fused-ring (bicyclic) bond motifs is 1. The van der Waals surface area contributed by atoms with Gasteiger partial charge in [0.15, 0.2) is 0 Å². The second-order valence-corrected chi connectivity index (χ2v) is 8.51. The van der Waals surface area contributed by atoms with Crippen molar-refractivity contribution in [2.45, 2.75) is 65.2 Å². The highest BCUT2D eigenvalue weighted by molar-refractivity contribution is 6.31. The SMILES string of the molecule is CCCCCCNc1nc(C)cc(CCCCCNc2ccnc3cc(Cl)ccc23)n1. The van der Waals surface area contributed by atoms with E-state index < -0.39 is 0 Å². The lowest BCUT2D eigenvalue weighted by molar-refractivity contribution is 0.679. The van der Waals surface area contributed by atoms with E-state index in [-0.39, 0.29) is 0 Å². The van der Waals surface area contributed by atoms with Gasteiger partial charge in [-0.3, -0.25) is 4.98 Å². The van der Waals surface area contributed by atoms with E-state index in [4.69, 9.17) is 16.6 Å². The number of rotatable bonds is 13. The molecule has 0 saturated heterocycles. The smallest absolute Gasteiger partial charge is 0.223 e. The Morgan fingerprint density at radius 3 is 2.52 bits per heavy atom. The molecule has 3 aromatic rings. The number of nitrogens with zero attached hydrogens (tertiary/aromatic N) is 3. The largest absolute Gasteiger partial charge is 0.384 e. The van der Waals surface area contributed by atoms with E-state index in [1.807, 2.05) is 37.4 Å². The highest BCUT2D eigenvalue weighted by Crippen LogP contribution is 2.24. The molecule has 0 bridgehead atoms. The van der Waals surface area contributed by atoms with Gasteiger partial charge in [0.1, 0.15) is 0 Å². The zero-order chi connectivity index (χ0) is 21.9. The average Bonchev–Trinajstić information content (AvgIpc) is 2.75. The summed E-state index contributed by atoms with van der Waals surface area (Å²) in [6, 6.07) is 9.97. The molecule has 0 aliphatic heterocycles. The Kier molecular flexibility index (Phi) is 9.35. The summed E-state index contributed by atoms with van der Waals surface area (Å²) in [7, 11) is 0. The maximum absolute atomic E-state index is 6.07. The summed E-state index contributed by atoms with van der Waals surface area (Å²) < 4.78 is 0. The lowest BCUT2D eigenvalue weighted by Gasteiger charge is -2.10. The molecule has 0 radical (unpaired) electrons. The molecule has 166 valence electrons. The van der Waals surface area contributed by atoms with E-state index in [0.29, 0.717) is 5.02 Å². The molecule has 0 amide bonds. The van der Waals surface area contributed by atoms with Crippen molar-refractivity contribution < 1.29 is 0 Å². The zero-order valence-electron chi connectivity index (χ0n) is 18.8. The summed E-state index contributed by atoms with van der Waals surface area (Å²) in [5, 5.41) is 8.75. The first kappa shape index (κ1) is 23.3. The van der Waals surface area contributed by atoms with Crippen LogP contribution in [0.1, 0.15) is 63.3 Å². The minimum absolute atomic E-state index is 0.715. The van der Waals surface area contributed by atoms with Crippen LogP contribution in [0.15, 0.2) is 36.5 Å². The van der Waals surface area contributed by atoms with Crippen LogP contribution in [0.3, 0.4) is 0 Å². The van der Waals surface area contributed by atoms with Crippen LogP contribution in [0.2, 0.25) is 5.02 Å². The quantitative estimate of drug-likeness (QED) is 0.286. The molecular formula is C25H34ClN5. The molecule has 0 saturated carbocycles. The van der Waals surface area contributed by atoms with Crippen molar-refractivity contribution in [1.29, 1.82) is 0 Å². The summed E-state index contributed by atoms with van der Waals surface area (Å²) in [6.07, 6.45) is 11.2. The molecule has 3 rings (SSSR count). The maximum Gasteiger partial charge on any atom is 0.223 e. The first-order valence-electron chi connectivity index (χ1n) is 11.5. The van der Waals surface area contributed by atoms with Crippen LogP contribution >= 0.6 is 11.6 Å². The predicted molar refractivity (Wildman–Crippen MR) is 132 cm³/mol. The third kappa shape index (κ3) is 7.66. The molecular weight excluding hydrogens is 406 g/mol. The normalized spacial score (nSPS) is 11.1. The Morgan fingerprint density at radius 2 is 1.68 bits per heavy atom. The summed E-state index contributed by atoms with van der Waals surface area (Å²) in [5.41, 5.74) is 4.20. The molecule has 0 atom stereocenters. The van der Waals surface area contributed by atoms with E-state index in [1.54, 1.807) is 0 Å². The van der Waals surface area contributed by atoms with Gasteiger partial charge in [0, 0.05) is 46.8 Å². The Morgan fingerprint density at radius 1 is 0.871 bits per heavy atom. The number of pyridine rings is 1. The number of hydrogen-bond donors (Lipinski definition) is 2. The number of aromatic nitrogens is 3. The van der Waals surface area contributed by atoms with Crippen molar-refractivity contribution in [2.75, 3.05) is 23.7 Å². The molecule has 31 heavy (non-hydrogen) atoms. The molecule has 0 spiro atoms. The second kappa shape index (κ2) is 12.5. The highest BCUT2D eigenvalue weighted by atomic mass is 35.5. The minimum atomic E-state index is 0.715. The van der Waals surface area contributed by atoms with E-state index in [1.165, 1.54) is 25.7 Å². The van der Waals surface area contributed by atoms with E-state index in [0.717, 1.165) is 72.7 Å². The fraction of sp³-hybridized carbons (Fsp3) is 0.480. The fourth-order valence-electron chi connectivity index (χ4n) is 3.70. The summed E-state index contributed by atoms with van der Waals surface area (Å²) >= 11 is 6.07. The van der Waals surface area contributed by atoms with Gasteiger partial charge in [0.25, 0.3) is 0 Å². The first-order valence-corrected chi connectivity index (χ1v) is 11.9. The Balaban J connectivity index is 1.39. The number of aryl methyl sites for hydroxylation is 2. The highest BCUT2D eigenvalue weighted by Gasteiger charge is 2.04. The summed E-state index contributed by atoms with van der Waals surface area (Å²) in [4.78, 5) is 13.6. The van der Waals surface area contributed by atoms with Gasteiger partial charge in [-0.15, -0.1) is 0 Å². The van der Waals surface area contributed by atoms with Gasteiger partial charge in [0.05, 0.1) is 5.52 Å². The van der Waals surface area contributed by atoms with Crippen molar-refractivity contribution >= 4 is 34.1 Å². The summed E-state index contributed by atoms with van der Waals surface area (Å²) in [6.45, 7) is 6.17. The van der Waals surface area contributed by atoms with Crippen LogP contribution in [0.25, 0.3) is 10.9 Å². The molecule has 0 fully saturated rings. The van der Waals surface area contributed by atoms with Gasteiger partial charge >= 0.3 is 0 Å². The fourth-order valence-corrected chi connectivity index (χ4v) is 3.87. The number of hydrogen-bond acceptors (Lipinski definition) is 5. The maximum atomic E-state index is 6.07. The zero-order valence-corrected chi connectivity index (χ0v) is 19.5. The van der Waals surface area contributed by atoms with Gasteiger partial charge in [0.2, 0.25) is 5.95 Å². The molecule has 0 unspecified atom stereocenters. The number of benzene rings is 1. The molecule has 0 aliphatic carbocycles. The average molecular weight is 440 g/mol. The second-order valence-electron chi connectivity index (χ2n) is 8.07. The van der Waals surface area contributed by atoms with Crippen molar-refractivity contribution in [2.24, 2.45) is 0 Å². The molecule has 1 aromatic carbocycles. The lowest BCUT2D eigenvalue weighted by Crippen LogP contribution is -2.08.